The van der Waals surface area contributed by atoms with E-state index in [1.54, 1.807) is 6.08 Å². The summed E-state index contributed by atoms with van der Waals surface area (Å²) in [6.07, 6.45) is 11.7. The van der Waals surface area contributed by atoms with E-state index in [0.717, 1.165) is 12.0 Å². The number of halogens is 1. The first-order valence-corrected chi connectivity index (χ1v) is 10.7. The van der Waals surface area contributed by atoms with E-state index in [0.29, 0.717) is 36.1 Å². The largest absolute Gasteiger partial charge is 0.357 e. The Morgan fingerprint density at radius 3 is 2.88 bits per heavy atom. The van der Waals surface area contributed by atoms with Gasteiger partial charge in [0.05, 0.1) is 5.25 Å². The lowest BCUT2D eigenvalue weighted by Gasteiger charge is -2.25. The van der Waals surface area contributed by atoms with Crippen LogP contribution >= 0.6 is 12.0 Å². The van der Waals surface area contributed by atoms with Crippen LogP contribution in [0.2, 0.25) is 0 Å². The summed E-state index contributed by atoms with van der Waals surface area (Å²) in [5, 5.41) is 1.79. The van der Waals surface area contributed by atoms with Crippen LogP contribution in [0.25, 0.3) is 0 Å². The maximum atomic E-state index is 13.9. The highest BCUT2D eigenvalue weighted by Gasteiger charge is 2.36. The molecule has 5 nitrogen and oxygen atoms in total. The molecule has 2 unspecified atom stereocenters. The summed E-state index contributed by atoms with van der Waals surface area (Å²) in [5.41, 5.74) is -0.118. The van der Waals surface area contributed by atoms with Crippen LogP contribution in [0.1, 0.15) is 35.6 Å². The van der Waals surface area contributed by atoms with Crippen molar-refractivity contribution >= 4 is 28.1 Å². The highest BCUT2D eigenvalue weighted by Crippen LogP contribution is 2.34. The molecule has 1 aromatic carbocycles. The van der Waals surface area contributed by atoms with Gasteiger partial charge >= 0.3 is 0 Å². The maximum absolute atomic E-state index is 13.9. The first-order chi connectivity index (χ1) is 12.5. The molecule has 1 aliphatic rings. The summed E-state index contributed by atoms with van der Waals surface area (Å²) in [6.45, 7) is 0. The smallest absolute Gasteiger partial charge is 0.222 e. The molecule has 2 N–H and O–H groups in total. The molecule has 2 rings (SSSR count). The summed E-state index contributed by atoms with van der Waals surface area (Å²) in [6, 6.07) is 4.06. The molecule has 1 aromatic rings. The first kappa shape index (κ1) is 20.5. The summed E-state index contributed by atoms with van der Waals surface area (Å²) in [5.74, 6) is 2.50. The normalized spacial score (nSPS) is 17.5. The molecular formula is C18H21FN2O3S2. The Hall–Kier alpha value is -1.82. The second-order valence-electron chi connectivity index (χ2n) is 5.81. The van der Waals surface area contributed by atoms with Gasteiger partial charge < -0.3 is 9.87 Å². The Balaban J connectivity index is 2.41. The molecule has 0 amide bonds. The summed E-state index contributed by atoms with van der Waals surface area (Å²) in [7, 11) is -3.79. The van der Waals surface area contributed by atoms with Gasteiger partial charge in [-0.2, -0.15) is 0 Å². The fourth-order valence-electron chi connectivity index (χ4n) is 2.82. The third-order valence-electron chi connectivity index (χ3n) is 4.05. The molecule has 0 saturated carbocycles. The molecular weight excluding hydrogens is 375 g/mol. The predicted molar refractivity (Wildman–Crippen MR) is 104 cm³/mol. The zero-order chi connectivity index (χ0) is 19.0. The van der Waals surface area contributed by atoms with Crippen LogP contribution in [0.4, 0.5) is 4.39 Å². The Kier molecular flexibility index (Phi) is 7.69. The quantitative estimate of drug-likeness (QED) is 0.380. The predicted octanol–water partition coefficient (Wildman–Crippen LogP) is 3.31. The molecule has 140 valence electrons. The van der Waals surface area contributed by atoms with Gasteiger partial charge in [-0.3, -0.25) is 4.99 Å². The number of hydrogen-bond donors (Lipinski definition) is 2. The number of hydrogen-bond acceptors (Lipinski definition) is 6. The molecule has 2 atom stereocenters. The third kappa shape index (κ3) is 5.10. The summed E-state index contributed by atoms with van der Waals surface area (Å²) < 4.78 is 49.1. The van der Waals surface area contributed by atoms with Crippen molar-refractivity contribution < 1.29 is 17.4 Å². The number of benzene rings is 1. The van der Waals surface area contributed by atoms with Gasteiger partial charge in [-0.05, 0) is 54.2 Å². The number of unbranched alkanes of at least 4 members (excludes halogenated alkanes) is 1. The zero-order valence-electron chi connectivity index (χ0n) is 14.1. The first-order valence-electron chi connectivity index (χ1n) is 8.16. The molecule has 0 aromatic heterocycles. The average molecular weight is 397 g/mol. The molecule has 8 heteroatoms. The molecule has 26 heavy (non-hydrogen) atoms. The van der Waals surface area contributed by atoms with Crippen LogP contribution in [0.3, 0.4) is 0 Å². The van der Waals surface area contributed by atoms with Crippen molar-refractivity contribution in [2.75, 3.05) is 5.75 Å². The fraction of sp³-hybridized carbons (Fsp3) is 0.389. The molecule has 1 aliphatic heterocycles. The van der Waals surface area contributed by atoms with E-state index < -0.39 is 26.4 Å². The number of aliphatic imine (C=N–C) groups is 1. The summed E-state index contributed by atoms with van der Waals surface area (Å²) >= 11 is 0.717. The van der Waals surface area contributed by atoms with Crippen molar-refractivity contribution in [3.63, 3.8) is 0 Å². The van der Waals surface area contributed by atoms with Gasteiger partial charge in [-0.25, -0.2) is 12.8 Å². The van der Waals surface area contributed by atoms with Gasteiger partial charge in [0, 0.05) is 24.6 Å². The molecule has 0 aliphatic carbocycles. The van der Waals surface area contributed by atoms with E-state index in [-0.39, 0.29) is 6.42 Å². The molecule has 0 radical (unpaired) electrons. The molecule has 0 bridgehead atoms. The second kappa shape index (κ2) is 9.76. The summed E-state index contributed by atoms with van der Waals surface area (Å²) in [4.78, 5) is 4.00. The van der Waals surface area contributed by atoms with E-state index in [1.807, 2.05) is 0 Å². The number of sulfone groups is 1. The number of nitrogens with one attached hydrogen (secondary N) is 1. The minimum atomic E-state index is -3.79. The van der Waals surface area contributed by atoms with Crippen LogP contribution in [0.15, 0.2) is 35.5 Å². The van der Waals surface area contributed by atoms with E-state index in [4.69, 9.17) is 11.0 Å². The van der Waals surface area contributed by atoms with Crippen LogP contribution in [0.5, 0.6) is 0 Å². The molecule has 0 fully saturated rings. The van der Waals surface area contributed by atoms with Crippen LogP contribution in [-0.2, 0) is 16.3 Å². The van der Waals surface area contributed by atoms with Gasteiger partial charge in [-0.1, -0.05) is 12.5 Å². The monoisotopic (exact) mass is 396 g/mol. The van der Waals surface area contributed by atoms with Crippen molar-refractivity contribution in [3.05, 3.63) is 47.4 Å². The zero-order valence-corrected chi connectivity index (χ0v) is 15.8. The minimum Gasteiger partial charge on any atom is -0.357 e. The number of allylic oxidation sites excluding steroid dienone is 1. The minimum absolute atomic E-state index is 0.218. The average Bonchev–Trinajstić information content (AvgIpc) is 2.64. The molecule has 0 saturated heterocycles. The van der Waals surface area contributed by atoms with Gasteiger partial charge in [0.2, 0.25) is 5.50 Å². The van der Waals surface area contributed by atoms with E-state index in [2.05, 4.69) is 16.2 Å². The highest BCUT2D eigenvalue weighted by molar-refractivity contribution is 7.93. The Labute approximate surface area is 157 Å². The van der Waals surface area contributed by atoms with Crippen molar-refractivity contribution in [1.29, 1.82) is 0 Å². The van der Waals surface area contributed by atoms with Crippen molar-refractivity contribution in [2.45, 2.75) is 36.4 Å². The molecule has 0 spiro atoms. The van der Waals surface area contributed by atoms with Crippen LogP contribution < -0.4 is 5.32 Å². The van der Waals surface area contributed by atoms with Gasteiger partial charge in [-0.15, -0.1) is 12.3 Å². The second-order valence-corrected chi connectivity index (χ2v) is 8.67. The topological polar surface area (TPSA) is 78.8 Å². The van der Waals surface area contributed by atoms with E-state index in [9.17, 15) is 12.8 Å². The van der Waals surface area contributed by atoms with Crippen molar-refractivity contribution in [1.82, 2.24) is 5.32 Å². The number of rotatable bonds is 9. The number of terminal acetylenes is 1. The Morgan fingerprint density at radius 2 is 2.23 bits per heavy atom. The van der Waals surface area contributed by atoms with E-state index in [1.165, 1.54) is 30.6 Å². The fourth-order valence-corrected chi connectivity index (χ4v) is 5.04. The lowest BCUT2D eigenvalue weighted by molar-refractivity contribution is 0.544. The van der Waals surface area contributed by atoms with Crippen molar-refractivity contribution in [2.24, 2.45) is 4.99 Å². The van der Waals surface area contributed by atoms with Gasteiger partial charge in [0.15, 0.2) is 9.84 Å². The lowest BCUT2D eigenvalue weighted by Crippen LogP contribution is -2.36. The van der Waals surface area contributed by atoms with Crippen molar-refractivity contribution in [3.8, 4) is 12.3 Å². The highest BCUT2D eigenvalue weighted by atomic mass is 32.2. The Morgan fingerprint density at radius 1 is 1.42 bits per heavy atom. The molecule has 1 heterocycles. The van der Waals surface area contributed by atoms with Crippen LogP contribution in [0, 0.1) is 18.2 Å². The van der Waals surface area contributed by atoms with Gasteiger partial charge in [0.1, 0.15) is 5.82 Å². The van der Waals surface area contributed by atoms with E-state index >= 15 is 0 Å². The van der Waals surface area contributed by atoms with Crippen LogP contribution in [-0.4, -0.2) is 30.4 Å². The third-order valence-corrected chi connectivity index (χ3v) is 6.68. The lowest BCUT2D eigenvalue weighted by atomic mass is 9.98. The SMILES string of the molecule is C#CCc1ccc(F)cc1C(CCCCSO)S(=O)(=O)C1N=CC=CN1. The van der Waals surface area contributed by atoms with Gasteiger partial charge in [0.25, 0.3) is 0 Å². The Bertz CT molecular complexity index is 816. The standard InChI is InChI=1S/C18H21FN2O3S2/c1-2-6-14-8-9-15(19)13-16(14)17(7-3-4-12-25-22)26(23,24)18-20-10-5-11-21-18/h1,5,8-11,13,17-18,20,22H,3-4,6-7,12H2. The number of nitrogens with zero attached hydrogens (tertiary/aromatic N) is 1. The maximum Gasteiger partial charge on any atom is 0.222 e.